The zero-order valence-corrected chi connectivity index (χ0v) is 11.6. The summed E-state index contributed by atoms with van der Waals surface area (Å²) < 4.78 is 7.59. The number of pyridine rings is 1. The lowest BCUT2D eigenvalue weighted by atomic mass is 10.1. The lowest BCUT2D eigenvalue weighted by Gasteiger charge is -2.08. The molecule has 5 rings (SSSR count). The molecule has 0 spiro atoms. The minimum atomic E-state index is 0.716. The van der Waals surface area contributed by atoms with E-state index in [1.165, 1.54) is 10.8 Å². The van der Waals surface area contributed by atoms with Crippen LogP contribution in [0.1, 0.15) is 0 Å². The molecule has 0 amide bonds. The second-order valence-corrected chi connectivity index (χ2v) is 5.22. The van der Waals surface area contributed by atoms with Crippen LogP contribution in [0, 0.1) is 0 Å². The Morgan fingerprint density at radius 2 is 1.50 bits per heavy atom. The monoisotopic (exact) mass is 285 g/mol. The van der Waals surface area contributed by atoms with Crippen molar-refractivity contribution in [2.45, 2.75) is 0 Å². The van der Waals surface area contributed by atoms with Gasteiger partial charge in [-0.1, -0.05) is 42.5 Å². The first-order valence-corrected chi connectivity index (χ1v) is 7.12. The summed E-state index contributed by atoms with van der Waals surface area (Å²) in [4.78, 5) is 0. The largest absolute Gasteiger partial charge is 0.461 e. The first kappa shape index (κ1) is 11.5. The van der Waals surface area contributed by atoms with E-state index < -0.39 is 0 Å². The summed E-state index contributed by atoms with van der Waals surface area (Å²) in [5.41, 5.74) is 1.92. The van der Waals surface area contributed by atoms with E-state index in [0.29, 0.717) is 5.76 Å². The third-order valence-electron chi connectivity index (χ3n) is 4.01. The summed E-state index contributed by atoms with van der Waals surface area (Å²) >= 11 is 0. The maximum absolute atomic E-state index is 5.52. The molecule has 3 aromatic heterocycles. The van der Waals surface area contributed by atoms with Gasteiger partial charge in [-0.2, -0.15) is 0 Å². The Morgan fingerprint density at radius 3 is 2.32 bits per heavy atom. The van der Waals surface area contributed by atoms with E-state index in [1.54, 1.807) is 6.26 Å². The molecule has 104 valence electrons. The second kappa shape index (κ2) is 4.18. The van der Waals surface area contributed by atoms with E-state index in [9.17, 15) is 0 Å². The molecule has 0 unspecified atom stereocenters. The van der Waals surface area contributed by atoms with Crippen LogP contribution in [-0.2, 0) is 0 Å². The number of benzene rings is 2. The number of aromatic nitrogens is 3. The minimum Gasteiger partial charge on any atom is -0.461 e. The van der Waals surface area contributed by atoms with Gasteiger partial charge in [0.2, 0.25) is 5.82 Å². The predicted molar refractivity (Wildman–Crippen MR) is 85.7 cm³/mol. The Kier molecular flexibility index (Phi) is 2.19. The molecule has 4 nitrogen and oxygen atoms in total. The van der Waals surface area contributed by atoms with Crippen LogP contribution in [0.4, 0.5) is 0 Å². The number of furan rings is 1. The molecular formula is C18H11N3O. The molecule has 4 heteroatoms. The molecule has 0 saturated heterocycles. The van der Waals surface area contributed by atoms with E-state index in [2.05, 4.69) is 51.0 Å². The predicted octanol–water partition coefficient (Wildman–Crippen LogP) is 4.30. The quantitative estimate of drug-likeness (QED) is 0.431. The molecule has 22 heavy (non-hydrogen) atoms. The van der Waals surface area contributed by atoms with Gasteiger partial charge in [0, 0.05) is 10.8 Å². The van der Waals surface area contributed by atoms with Gasteiger partial charge < -0.3 is 4.42 Å². The van der Waals surface area contributed by atoms with Crippen LogP contribution in [0.3, 0.4) is 0 Å². The zero-order chi connectivity index (χ0) is 14.5. The van der Waals surface area contributed by atoms with Crippen LogP contribution in [0.25, 0.3) is 38.9 Å². The summed E-state index contributed by atoms with van der Waals surface area (Å²) in [7, 11) is 0. The van der Waals surface area contributed by atoms with Crippen molar-refractivity contribution in [1.82, 2.24) is 14.6 Å². The standard InChI is InChI=1S/C18H11N3O/c1-2-8-14-12(6-1)13-7-3-4-9-15(13)21-17(14)19-20-18(21)16-10-5-11-22-16/h1-11H. The van der Waals surface area contributed by atoms with E-state index in [4.69, 9.17) is 4.42 Å². The molecule has 0 saturated carbocycles. The van der Waals surface area contributed by atoms with Crippen LogP contribution in [-0.4, -0.2) is 14.6 Å². The van der Waals surface area contributed by atoms with Crippen LogP contribution < -0.4 is 0 Å². The van der Waals surface area contributed by atoms with Gasteiger partial charge >= 0.3 is 0 Å². The Labute approximate surface area is 125 Å². The highest BCUT2D eigenvalue weighted by Gasteiger charge is 2.16. The highest BCUT2D eigenvalue weighted by molar-refractivity contribution is 6.11. The number of hydrogen-bond acceptors (Lipinski definition) is 3. The molecule has 0 bridgehead atoms. The Balaban J connectivity index is 2.10. The molecule has 0 atom stereocenters. The average Bonchev–Trinajstić information content (AvgIpc) is 3.24. The van der Waals surface area contributed by atoms with Crippen molar-refractivity contribution in [3.63, 3.8) is 0 Å². The fraction of sp³-hybridized carbons (Fsp3) is 0. The van der Waals surface area contributed by atoms with Crippen molar-refractivity contribution in [2.24, 2.45) is 0 Å². The Morgan fingerprint density at radius 1 is 0.727 bits per heavy atom. The Hall–Kier alpha value is -3.14. The van der Waals surface area contributed by atoms with E-state index in [-0.39, 0.29) is 0 Å². The average molecular weight is 285 g/mol. The maximum atomic E-state index is 5.52. The van der Waals surface area contributed by atoms with Crippen LogP contribution in [0.2, 0.25) is 0 Å². The molecule has 0 aliphatic carbocycles. The molecule has 0 fully saturated rings. The van der Waals surface area contributed by atoms with Crippen LogP contribution in [0.15, 0.2) is 71.3 Å². The van der Waals surface area contributed by atoms with E-state index in [1.807, 2.05) is 24.3 Å². The third-order valence-corrected chi connectivity index (χ3v) is 4.01. The van der Waals surface area contributed by atoms with Crippen molar-refractivity contribution in [3.05, 3.63) is 66.9 Å². The number of nitrogens with zero attached hydrogens (tertiary/aromatic N) is 3. The molecule has 0 aliphatic heterocycles. The highest BCUT2D eigenvalue weighted by atomic mass is 16.3. The van der Waals surface area contributed by atoms with Crippen molar-refractivity contribution >= 4 is 27.3 Å². The maximum Gasteiger partial charge on any atom is 0.204 e. The van der Waals surface area contributed by atoms with Gasteiger partial charge in [0.1, 0.15) is 0 Å². The summed E-state index contributed by atoms with van der Waals surface area (Å²) in [5.74, 6) is 1.44. The Bertz CT molecular complexity index is 1120. The fourth-order valence-electron chi connectivity index (χ4n) is 3.06. The van der Waals surface area contributed by atoms with Gasteiger partial charge in [0.15, 0.2) is 11.4 Å². The molecule has 0 aliphatic rings. The van der Waals surface area contributed by atoms with Gasteiger partial charge in [-0.25, -0.2) is 0 Å². The van der Waals surface area contributed by atoms with Crippen molar-refractivity contribution < 1.29 is 4.42 Å². The normalized spacial score (nSPS) is 11.6. The molecule has 0 radical (unpaired) electrons. The van der Waals surface area contributed by atoms with Crippen molar-refractivity contribution in [3.8, 4) is 11.6 Å². The number of rotatable bonds is 1. The van der Waals surface area contributed by atoms with Gasteiger partial charge in [-0.05, 0) is 23.6 Å². The lowest BCUT2D eigenvalue weighted by molar-refractivity contribution is 0.577. The summed E-state index contributed by atoms with van der Waals surface area (Å²) in [6, 6.07) is 20.3. The van der Waals surface area contributed by atoms with E-state index >= 15 is 0 Å². The van der Waals surface area contributed by atoms with Crippen LogP contribution >= 0.6 is 0 Å². The van der Waals surface area contributed by atoms with Crippen molar-refractivity contribution in [2.75, 3.05) is 0 Å². The fourth-order valence-corrected chi connectivity index (χ4v) is 3.06. The zero-order valence-electron chi connectivity index (χ0n) is 11.6. The third kappa shape index (κ3) is 1.41. The second-order valence-electron chi connectivity index (χ2n) is 5.22. The number of para-hydroxylation sites is 1. The first-order chi connectivity index (χ1) is 10.9. The SMILES string of the molecule is c1coc(-c2nnc3c4ccccc4c4ccccc4n23)c1. The van der Waals surface area contributed by atoms with Gasteiger partial charge in [-0.15, -0.1) is 10.2 Å². The molecule has 3 heterocycles. The molecule has 0 N–H and O–H groups in total. The van der Waals surface area contributed by atoms with Gasteiger partial charge in [-0.3, -0.25) is 4.40 Å². The number of hydrogen-bond donors (Lipinski definition) is 0. The van der Waals surface area contributed by atoms with Crippen molar-refractivity contribution in [1.29, 1.82) is 0 Å². The number of fused-ring (bicyclic) bond motifs is 6. The smallest absolute Gasteiger partial charge is 0.204 e. The van der Waals surface area contributed by atoms with Crippen LogP contribution in [0.5, 0.6) is 0 Å². The van der Waals surface area contributed by atoms with E-state index in [0.717, 1.165) is 22.4 Å². The topological polar surface area (TPSA) is 43.3 Å². The highest BCUT2D eigenvalue weighted by Crippen LogP contribution is 2.31. The lowest BCUT2D eigenvalue weighted by Crippen LogP contribution is -1.93. The minimum absolute atomic E-state index is 0.716. The molecular weight excluding hydrogens is 274 g/mol. The molecule has 5 aromatic rings. The van der Waals surface area contributed by atoms with Gasteiger partial charge in [0.25, 0.3) is 0 Å². The summed E-state index contributed by atoms with van der Waals surface area (Å²) in [5, 5.41) is 12.2. The summed E-state index contributed by atoms with van der Waals surface area (Å²) in [6.07, 6.45) is 1.65. The summed E-state index contributed by atoms with van der Waals surface area (Å²) in [6.45, 7) is 0. The van der Waals surface area contributed by atoms with Gasteiger partial charge in [0.05, 0.1) is 11.8 Å². The molecule has 2 aromatic carbocycles. The first-order valence-electron chi connectivity index (χ1n) is 7.12.